The number of hydrogen-bond donors (Lipinski definition) is 0. The van der Waals surface area contributed by atoms with E-state index in [9.17, 15) is 4.79 Å². The molecule has 0 aliphatic carbocycles. The fourth-order valence-electron chi connectivity index (χ4n) is 1.82. The molecular formula is C19H17ClO3S. The van der Waals surface area contributed by atoms with E-state index in [1.54, 1.807) is 36.5 Å². The third-order valence-corrected chi connectivity index (χ3v) is 4.41. The van der Waals surface area contributed by atoms with Crippen LogP contribution in [-0.2, 0) is 0 Å². The van der Waals surface area contributed by atoms with Crippen molar-refractivity contribution < 1.29 is 9.15 Å². The number of hydrogen-bond acceptors (Lipinski definition) is 4. The third kappa shape index (κ3) is 5.11. The molecule has 2 rings (SSSR count). The van der Waals surface area contributed by atoms with Gasteiger partial charge in [-0.3, -0.25) is 0 Å². The van der Waals surface area contributed by atoms with Crippen molar-refractivity contribution in [2.75, 3.05) is 7.11 Å². The summed E-state index contributed by atoms with van der Waals surface area (Å²) in [5.74, 6) is 0.968. The molecule has 0 radical (unpaired) electrons. The predicted octanol–water partition coefficient (Wildman–Crippen LogP) is 5.51. The fraction of sp³-hybridized carbons (Fsp3) is 0.105. The van der Waals surface area contributed by atoms with Gasteiger partial charge in [-0.1, -0.05) is 48.1 Å². The first-order valence-electron chi connectivity index (χ1n) is 7.21. The largest absolute Gasteiger partial charge is 0.496 e. The molecule has 0 spiro atoms. The summed E-state index contributed by atoms with van der Waals surface area (Å²) in [5, 5.41) is 2.72. The Morgan fingerprint density at radius 2 is 1.79 bits per heavy atom. The van der Waals surface area contributed by atoms with Crippen molar-refractivity contribution >= 4 is 35.1 Å². The lowest BCUT2D eigenvalue weighted by Crippen LogP contribution is -2.05. The molecule has 0 N–H and O–H groups in total. The van der Waals surface area contributed by atoms with Crippen molar-refractivity contribution in [2.45, 2.75) is 6.92 Å². The maximum Gasteiger partial charge on any atom is 0.342 e. The van der Waals surface area contributed by atoms with Crippen LogP contribution in [0.25, 0.3) is 12.2 Å². The van der Waals surface area contributed by atoms with Crippen LogP contribution in [-0.4, -0.2) is 7.11 Å². The highest BCUT2D eigenvalue weighted by Gasteiger charge is 2.05. The summed E-state index contributed by atoms with van der Waals surface area (Å²) >= 11 is 7.59. The Labute approximate surface area is 149 Å². The molecule has 2 aromatic heterocycles. The molecule has 0 saturated carbocycles. The molecule has 0 fully saturated rings. The molecule has 3 nitrogen and oxygen atoms in total. The second-order valence-corrected chi connectivity index (χ2v) is 6.11. The van der Waals surface area contributed by atoms with Crippen LogP contribution in [0.2, 0.25) is 5.02 Å². The monoisotopic (exact) mass is 360 g/mol. The van der Waals surface area contributed by atoms with E-state index in [2.05, 4.69) is 0 Å². The molecule has 0 aliphatic rings. The van der Waals surface area contributed by atoms with E-state index in [1.165, 1.54) is 7.11 Å². The van der Waals surface area contributed by atoms with Crippen LogP contribution in [0.3, 0.4) is 0 Å². The van der Waals surface area contributed by atoms with Gasteiger partial charge in [0, 0.05) is 10.9 Å². The molecule has 24 heavy (non-hydrogen) atoms. The molecule has 0 amide bonds. The molecule has 0 atom stereocenters. The second-order valence-electron chi connectivity index (χ2n) is 4.75. The summed E-state index contributed by atoms with van der Waals surface area (Å²) in [5.41, 5.74) is 0.0704. The number of ether oxygens (including phenoxy) is 1. The standard InChI is InChI=1S/C19H17ClO3S/c1-14-17(22-2)13-15(23-19(14)21)9-7-5-3-4-6-8-10-18-16(20)11-12-24-18/h3-13H,1-2H3. The van der Waals surface area contributed by atoms with Crippen molar-refractivity contribution in [1.82, 2.24) is 0 Å². The zero-order valence-electron chi connectivity index (χ0n) is 13.4. The summed E-state index contributed by atoms with van der Waals surface area (Å²) in [6.45, 7) is 1.67. The highest BCUT2D eigenvalue weighted by atomic mass is 35.5. The number of rotatable bonds is 6. The number of allylic oxidation sites excluding steroid dienone is 6. The maximum absolute atomic E-state index is 11.6. The van der Waals surface area contributed by atoms with Crippen LogP contribution in [0, 0.1) is 6.92 Å². The molecule has 124 valence electrons. The Hall–Kier alpha value is -2.30. The van der Waals surface area contributed by atoms with Gasteiger partial charge in [-0.05, 0) is 30.5 Å². The molecule has 0 saturated heterocycles. The number of halogens is 1. The van der Waals surface area contributed by atoms with E-state index in [1.807, 2.05) is 47.9 Å². The Bertz CT molecular complexity index is 854. The van der Waals surface area contributed by atoms with Gasteiger partial charge in [0.15, 0.2) is 0 Å². The van der Waals surface area contributed by atoms with Crippen LogP contribution < -0.4 is 10.4 Å². The summed E-state index contributed by atoms with van der Waals surface area (Å²) < 4.78 is 10.3. The minimum Gasteiger partial charge on any atom is -0.496 e. The molecule has 2 aromatic rings. The minimum absolute atomic E-state index is 0.393. The van der Waals surface area contributed by atoms with Gasteiger partial charge >= 0.3 is 5.63 Å². The fourth-order valence-corrected chi connectivity index (χ4v) is 2.84. The highest BCUT2D eigenvalue weighted by molar-refractivity contribution is 7.11. The zero-order valence-corrected chi connectivity index (χ0v) is 14.9. The van der Waals surface area contributed by atoms with Crippen molar-refractivity contribution in [3.63, 3.8) is 0 Å². The van der Waals surface area contributed by atoms with Crippen molar-refractivity contribution in [3.05, 3.63) is 85.6 Å². The highest BCUT2D eigenvalue weighted by Crippen LogP contribution is 2.23. The van der Waals surface area contributed by atoms with Gasteiger partial charge in [0.05, 0.1) is 17.7 Å². The first kappa shape index (κ1) is 18.0. The van der Waals surface area contributed by atoms with Crippen LogP contribution in [0.1, 0.15) is 16.2 Å². The van der Waals surface area contributed by atoms with Crippen LogP contribution in [0.15, 0.2) is 63.2 Å². The Kier molecular flexibility index (Phi) is 6.85. The number of methoxy groups -OCH3 is 1. The summed E-state index contributed by atoms with van der Waals surface area (Å²) in [6, 6.07) is 3.56. The lowest BCUT2D eigenvalue weighted by molar-refractivity contribution is 0.395. The topological polar surface area (TPSA) is 39.4 Å². The lowest BCUT2D eigenvalue weighted by Gasteiger charge is -2.02. The Morgan fingerprint density at radius 1 is 1.12 bits per heavy atom. The second kappa shape index (κ2) is 9.11. The molecule has 0 aromatic carbocycles. The van der Waals surface area contributed by atoms with Gasteiger partial charge in [-0.15, -0.1) is 11.3 Å². The zero-order chi connectivity index (χ0) is 17.4. The van der Waals surface area contributed by atoms with E-state index in [0.29, 0.717) is 17.1 Å². The molecule has 0 aliphatic heterocycles. The van der Waals surface area contributed by atoms with Gasteiger partial charge in [-0.2, -0.15) is 0 Å². The van der Waals surface area contributed by atoms with Crippen molar-refractivity contribution in [2.24, 2.45) is 0 Å². The van der Waals surface area contributed by atoms with Gasteiger partial charge < -0.3 is 9.15 Å². The quantitative estimate of drug-likeness (QED) is 0.637. The Morgan fingerprint density at radius 3 is 2.42 bits per heavy atom. The van der Waals surface area contributed by atoms with E-state index in [0.717, 1.165) is 9.90 Å². The van der Waals surface area contributed by atoms with Crippen molar-refractivity contribution in [1.29, 1.82) is 0 Å². The van der Waals surface area contributed by atoms with E-state index in [-0.39, 0.29) is 0 Å². The van der Waals surface area contributed by atoms with E-state index < -0.39 is 5.63 Å². The molecule has 0 bridgehead atoms. The lowest BCUT2D eigenvalue weighted by atomic mass is 10.2. The predicted molar refractivity (Wildman–Crippen MR) is 102 cm³/mol. The van der Waals surface area contributed by atoms with Gasteiger partial charge in [0.1, 0.15) is 11.5 Å². The average molecular weight is 361 g/mol. The van der Waals surface area contributed by atoms with Crippen LogP contribution in [0.5, 0.6) is 5.75 Å². The summed E-state index contributed by atoms with van der Waals surface area (Å²) in [7, 11) is 1.52. The SMILES string of the molecule is COc1cc(C=CC=CC=CC=Cc2sccc2Cl)oc(=O)c1C. The van der Waals surface area contributed by atoms with E-state index in [4.69, 9.17) is 20.8 Å². The van der Waals surface area contributed by atoms with Crippen molar-refractivity contribution in [3.8, 4) is 5.75 Å². The third-order valence-electron chi connectivity index (χ3n) is 3.09. The molecule has 0 unspecified atom stereocenters. The van der Waals surface area contributed by atoms with E-state index >= 15 is 0 Å². The normalized spacial score (nSPS) is 12.3. The smallest absolute Gasteiger partial charge is 0.342 e. The minimum atomic E-state index is -0.393. The molecule has 2 heterocycles. The first-order chi connectivity index (χ1) is 11.6. The van der Waals surface area contributed by atoms with Gasteiger partial charge in [0.25, 0.3) is 0 Å². The van der Waals surface area contributed by atoms with Crippen LogP contribution >= 0.6 is 22.9 Å². The first-order valence-corrected chi connectivity index (χ1v) is 8.47. The Balaban J connectivity index is 1.92. The summed E-state index contributed by atoms with van der Waals surface area (Å²) in [6.07, 6.45) is 14.9. The molecular weight excluding hydrogens is 344 g/mol. The average Bonchev–Trinajstić information content (AvgIpc) is 2.98. The van der Waals surface area contributed by atoms with Gasteiger partial charge in [-0.25, -0.2) is 4.79 Å². The number of thiophene rings is 1. The van der Waals surface area contributed by atoms with Crippen LogP contribution in [0.4, 0.5) is 0 Å². The molecule has 5 heteroatoms. The summed E-state index contributed by atoms with van der Waals surface area (Å²) in [4.78, 5) is 12.7. The van der Waals surface area contributed by atoms with Gasteiger partial charge in [0.2, 0.25) is 0 Å². The maximum atomic E-state index is 11.6.